The van der Waals surface area contributed by atoms with E-state index in [0.29, 0.717) is 12.2 Å². The number of benzene rings is 1. The molecule has 1 aromatic heterocycles. The van der Waals surface area contributed by atoms with Gasteiger partial charge in [-0.25, -0.2) is 0 Å². The lowest BCUT2D eigenvalue weighted by molar-refractivity contribution is -0.384. The van der Waals surface area contributed by atoms with Crippen LogP contribution in [0.1, 0.15) is 5.56 Å². The Morgan fingerprint density at radius 3 is 2.79 bits per heavy atom. The minimum atomic E-state index is -0.443. The van der Waals surface area contributed by atoms with Crippen molar-refractivity contribution in [2.45, 2.75) is 6.54 Å². The van der Waals surface area contributed by atoms with E-state index in [-0.39, 0.29) is 16.0 Å². The zero-order chi connectivity index (χ0) is 13.8. The lowest BCUT2D eigenvalue weighted by Gasteiger charge is -2.07. The molecule has 0 aliphatic carbocycles. The summed E-state index contributed by atoms with van der Waals surface area (Å²) in [6.45, 7) is 0.365. The quantitative estimate of drug-likeness (QED) is 0.692. The second kappa shape index (κ2) is 5.81. The Labute approximate surface area is 118 Å². The van der Waals surface area contributed by atoms with Crippen molar-refractivity contribution in [1.82, 2.24) is 10.2 Å². The molecule has 0 atom stereocenters. The molecule has 0 aliphatic heterocycles. The van der Waals surface area contributed by atoms with Gasteiger partial charge in [-0.05, 0) is 5.56 Å². The van der Waals surface area contributed by atoms with Crippen LogP contribution in [0.2, 0.25) is 10.3 Å². The summed E-state index contributed by atoms with van der Waals surface area (Å²) in [6.07, 6.45) is 0. The van der Waals surface area contributed by atoms with Gasteiger partial charge in [-0.2, -0.15) is 0 Å². The van der Waals surface area contributed by atoms with Gasteiger partial charge in [0.15, 0.2) is 10.3 Å². The van der Waals surface area contributed by atoms with Crippen molar-refractivity contribution in [2.75, 3.05) is 5.32 Å². The highest BCUT2D eigenvalue weighted by molar-refractivity contribution is 6.33. The fourth-order valence-electron chi connectivity index (χ4n) is 1.45. The molecule has 8 heteroatoms. The molecule has 1 aromatic carbocycles. The maximum absolute atomic E-state index is 10.7. The molecule has 19 heavy (non-hydrogen) atoms. The molecular formula is C11H8Cl2N4O2. The molecule has 2 aromatic rings. The molecule has 0 spiro atoms. The van der Waals surface area contributed by atoms with Crippen molar-refractivity contribution in [3.8, 4) is 0 Å². The Kier molecular flexibility index (Phi) is 4.13. The van der Waals surface area contributed by atoms with Crippen LogP contribution in [0.4, 0.5) is 11.4 Å². The summed E-state index contributed by atoms with van der Waals surface area (Å²) < 4.78 is 0. The molecule has 6 nitrogen and oxygen atoms in total. The van der Waals surface area contributed by atoms with Crippen LogP contribution in [-0.2, 0) is 6.54 Å². The van der Waals surface area contributed by atoms with Crippen LogP contribution in [0, 0.1) is 10.1 Å². The van der Waals surface area contributed by atoms with Gasteiger partial charge in [-0.3, -0.25) is 10.1 Å². The highest BCUT2D eigenvalue weighted by atomic mass is 35.5. The first-order chi connectivity index (χ1) is 9.06. The Bertz CT molecular complexity index is 621. The highest BCUT2D eigenvalue weighted by Gasteiger charge is 2.07. The topological polar surface area (TPSA) is 81.0 Å². The Morgan fingerprint density at radius 1 is 1.26 bits per heavy atom. The molecule has 0 amide bonds. The lowest BCUT2D eigenvalue weighted by Crippen LogP contribution is -2.02. The summed E-state index contributed by atoms with van der Waals surface area (Å²) >= 11 is 11.5. The van der Waals surface area contributed by atoms with Gasteiger partial charge in [-0.1, -0.05) is 35.3 Å². The largest absolute Gasteiger partial charge is 0.378 e. The zero-order valence-electron chi connectivity index (χ0n) is 9.51. The van der Waals surface area contributed by atoms with Gasteiger partial charge in [0.1, 0.15) is 0 Å². The smallest absolute Gasteiger partial charge is 0.269 e. The summed E-state index contributed by atoms with van der Waals surface area (Å²) in [5.74, 6) is 0. The third kappa shape index (κ3) is 3.52. The normalized spacial score (nSPS) is 10.2. The van der Waals surface area contributed by atoms with Crippen molar-refractivity contribution in [3.63, 3.8) is 0 Å². The van der Waals surface area contributed by atoms with E-state index in [4.69, 9.17) is 23.2 Å². The van der Waals surface area contributed by atoms with Gasteiger partial charge in [-0.15, -0.1) is 10.2 Å². The second-order valence-electron chi connectivity index (χ2n) is 3.65. The summed E-state index contributed by atoms with van der Waals surface area (Å²) in [7, 11) is 0. The van der Waals surface area contributed by atoms with E-state index in [0.717, 1.165) is 5.56 Å². The third-order valence-corrected chi connectivity index (χ3v) is 2.79. The summed E-state index contributed by atoms with van der Waals surface area (Å²) in [5, 5.41) is 21.3. The van der Waals surface area contributed by atoms with Gasteiger partial charge >= 0.3 is 0 Å². The molecule has 1 N–H and O–H groups in total. The van der Waals surface area contributed by atoms with Crippen molar-refractivity contribution in [2.24, 2.45) is 0 Å². The number of rotatable bonds is 4. The number of hydrogen-bond donors (Lipinski definition) is 1. The molecule has 0 radical (unpaired) electrons. The van der Waals surface area contributed by atoms with Gasteiger partial charge in [0.25, 0.3) is 5.69 Å². The molecule has 0 unspecified atom stereocenters. The first-order valence-electron chi connectivity index (χ1n) is 5.22. The molecule has 98 valence electrons. The van der Waals surface area contributed by atoms with Gasteiger partial charge in [0.2, 0.25) is 0 Å². The number of non-ortho nitro benzene ring substituents is 1. The number of aromatic nitrogens is 2. The van der Waals surface area contributed by atoms with Crippen LogP contribution in [0.25, 0.3) is 0 Å². The van der Waals surface area contributed by atoms with Crippen molar-refractivity contribution < 1.29 is 4.92 Å². The number of nitro benzene ring substituents is 1. The standard InChI is InChI=1S/C11H8Cl2N4O2/c12-10-5-9(11(13)16-15-10)14-6-7-2-1-3-8(4-7)17(18)19/h1-5H,6H2,(H,14,15). The van der Waals surface area contributed by atoms with Crippen LogP contribution in [-0.4, -0.2) is 15.1 Å². The van der Waals surface area contributed by atoms with Crippen LogP contribution in [0.15, 0.2) is 30.3 Å². The number of nitrogens with zero attached hydrogens (tertiary/aromatic N) is 3. The molecule has 0 fully saturated rings. The highest BCUT2D eigenvalue weighted by Crippen LogP contribution is 2.22. The van der Waals surface area contributed by atoms with E-state index >= 15 is 0 Å². The average Bonchev–Trinajstić information content (AvgIpc) is 2.40. The van der Waals surface area contributed by atoms with Crippen molar-refractivity contribution in [1.29, 1.82) is 0 Å². The van der Waals surface area contributed by atoms with E-state index in [1.165, 1.54) is 18.2 Å². The number of nitro groups is 1. The third-order valence-electron chi connectivity index (χ3n) is 2.32. The van der Waals surface area contributed by atoms with E-state index in [1.807, 2.05) is 0 Å². The van der Waals surface area contributed by atoms with Crippen LogP contribution in [0.5, 0.6) is 0 Å². The van der Waals surface area contributed by atoms with Gasteiger partial charge < -0.3 is 5.32 Å². The predicted octanol–water partition coefficient (Wildman–Crippen LogP) is 3.30. The molecular weight excluding hydrogens is 291 g/mol. The minimum Gasteiger partial charge on any atom is -0.378 e. The van der Waals surface area contributed by atoms with E-state index in [2.05, 4.69) is 15.5 Å². The maximum atomic E-state index is 10.7. The van der Waals surface area contributed by atoms with Crippen molar-refractivity contribution in [3.05, 3.63) is 56.3 Å². The molecule has 0 aliphatic rings. The molecule has 0 saturated heterocycles. The fraction of sp³-hybridized carbons (Fsp3) is 0.0909. The first kappa shape index (κ1) is 13.5. The first-order valence-corrected chi connectivity index (χ1v) is 5.98. The van der Waals surface area contributed by atoms with Crippen LogP contribution >= 0.6 is 23.2 Å². The van der Waals surface area contributed by atoms with Crippen LogP contribution < -0.4 is 5.32 Å². The molecule has 0 bridgehead atoms. The van der Waals surface area contributed by atoms with Crippen LogP contribution in [0.3, 0.4) is 0 Å². The average molecular weight is 299 g/mol. The van der Waals surface area contributed by atoms with E-state index < -0.39 is 4.92 Å². The molecule has 1 heterocycles. The second-order valence-corrected chi connectivity index (χ2v) is 4.40. The number of halogens is 2. The molecule has 0 saturated carbocycles. The van der Waals surface area contributed by atoms with E-state index in [1.54, 1.807) is 12.1 Å². The summed E-state index contributed by atoms with van der Waals surface area (Å²) in [6, 6.07) is 7.84. The minimum absolute atomic E-state index is 0.0382. The van der Waals surface area contributed by atoms with E-state index in [9.17, 15) is 10.1 Å². The fourth-order valence-corrected chi connectivity index (χ4v) is 1.76. The summed E-state index contributed by atoms with van der Waals surface area (Å²) in [4.78, 5) is 10.2. The van der Waals surface area contributed by atoms with Gasteiger partial charge in [0, 0.05) is 24.7 Å². The predicted molar refractivity (Wildman–Crippen MR) is 72.5 cm³/mol. The zero-order valence-corrected chi connectivity index (χ0v) is 11.0. The number of hydrogen-bond acceptors (Lipinski definition) is 5. The Balaban J connectivity index is 2.12. The Hall–Kier alpha value is -1.92. The number of nitrogens with one attached hydrogen (secondary N) is 1. The number of anilines is 1. The SMILES string of the molecule is O=[N+]([O-])c1cccc(CNc2cc(Cl)nnc2Cl)c1. The summed E-state index contributed by atoms with van der Waals surface area (Å²) in [5.41, 5.74) is 1.31. The van der Waals surface area contributed by atoms with Gasteiger partial charge in [0.05, 0.1) is 10.6 Å². The monoisotopic (exact) mass is 298 g/mol. The lowest BCUT2D eigenvalue weighted by atomic mass is 10.2. The Morgan fingerprint density at radius 2 is 2.05 bits per heavy atom. The molecule has 2 rings (SSSR count). The maximum Gasteiger partial charge on any atom is 0.269 e. The van der Waals surface area contributed by atoms with Crippen molar-refractivity contribution >= 4 is 34.6 Å².